The largest absolute Gasteiger partial charge is 0.493 e. The number of carbonyl (C=O) groups excluding carboxylic acids is 1. The van der Waals surface area contributed by atoms with Crippen molar-refractivity contribution in [3.8, 4) is 28.7 Å². The van der Waals surface area contributed by atoms with Crippen molar-refractivity contribution in [2.24, 2.45) is 0 Å². The van der Waals surface area contributed by atoms with Crippen molar-refractivity contribution in [3.63, 3.8) is 0 Å². The molecule has 2 aromatic carbocycles. The molecule has 1 aliphatic heterocycles. The molecule has 0 saturated carbocycles. The van der Waals surface area contributed by atoms with Gasteiger partial charge in [0, 0.05) is 24.8 Å². The average Bonchev–Trinajstić information content (AvgIpc) is 3.40. The van der Waals surface area contributed by atoms with Gasteiger partial charge in [-0.15, -0.1) is 11.8 Å². The summed E-state index contributed by atoms with van der Waals surface area (Å²) >= 11 is 2.74. The number of hydrogen-bond donors (Lipinski definition) is 1. The lowest BCUT2D eigenvalue weighted by molar-refractivity contribution is -0.118. The molecule has 0 unspecified atom stereocenters. The molecule has 37 heavy (non-hydrogen) atoms. The molecule has 4 rings (SSSR count). The Bertz CT molecular complexity index is 1340. The molecule has 0 aliphatic carbocycles. The van der Waals surface area contributed by atoms with Crippen LogP contribution in [0, 0.1) is 0 Å². The van der Waals surface area contributed by atoms with Gasteiger partial charge in [-0.05, 0) is 36.2 Å². The van der Waals surface area contributed by atoms with E-state index in [-0.39, 0.29) is 17.2 Å². The van der Waals surface area contributed by atoms with E-state index in [1.54, 1.807) is 51.2 Å². The normalized spacial score (nSPS) is 12.1. The molecule has 11 heteroatoms. The number of rotatable bonds is 11. The SMILES string of the molecule is COc1ccc(CCNC(=O)CSc2nc3c(c(=O)n2-c2ccc(OC)c(OC)c2)SCC3)cc1OC. The van der Waals surface area contributed by atoms with E-state index in [1.807, 2.05) is 18.2 Å². The molecule has 0 atom stereocenters. The Balaban J connectivity index is 1.47. The maximum absolute atomic E-state index is 13.4. The van der Waals surface area contributed by atoms with Crippen molar-refractivity contribution < 1.29 is 23.7 Å². The molecule has 1 aromatic heterocycles. The highest BCUT2D eigenvalue weighted by atomic mass is 32.2. The number of nitrogens with zero attached hydrogens (tertiary/aromatic N) is 2. The van der Waals surface area contributed by atoms with Crippen molar-refractivity contribution in [2.75, 3.05) is 46.5 Å². The van der Waals surface area contributed by atoms with E-state index in [0.29, 0.717) is 51.7 Å². The summed E-state index contributed by atoms with van der Waals surface area (Å²) < 4.78 is 22.9. The van der Waals surface area contributed by atoms with Crippen LogP contribution in [0.25, 0.3) is 5.69 Å². The molecule has 9 nitrogen and oxygen atoms in total. The maximum Gasteiger partial charge on any atom is 0.272 e. The molecule has 2 heterocycles. The Labute approximate surface area is 223 Å². The number of carbonyl (C=O) groups is 1. The first-order chi connectivity index (χ1) is 18.0. The monoisotopic (exact) mass is 543 g/mol. The summed E-state index contributed by atoms with van der Waals surface area (Å²) in [4.78, 5) is 31.5. The van der Waals surface area contributed by atoms with E-state index in [4.69, 9.17) is 23.9 Å². The van der Waals surface area contributed by atoms with E-state index >= 15 is 0 Å². The minimum Gasteiger partial charge on any atom is -0.493 e. The van der Waals surface area contributed by atoms with Crippen LogP contribution < -0.4 is 29.8 Å². The van der Waals surface area contributed by atoms with Crippen LogP contribution in [0.4, 0.5) is 0 Å². The topological polar surface area (TPSA) is 101 Å². The zero-order valence-corrected chi connectivity index (χ0v) is 22.8. The highest BCUT2D eigenvalue weighted by Crippen LogP contribution is 2.33. The predicted octanol–water partition coefficient (Wildman–Crippen LogP) is 3.37. The zero-order chi connectivity index (χ0) is 26.4. The van der Waals surface area contributed by atoms with Crippen LogP contribution in [0.5, 0.6) is 23.0 Å². The first-order valence-electron chi connectivity index (χ1n) is 11.6. The van der Waals surface area contributed by atoms with E-state index in [0.717, 1.165) is 23.4 Å². The Morgan fingerprint density at radius 3 is 2.38 bits per heavy atom. The molecule has 1 amide bonds. The summed E-state index contributed by atoms with van der Waals surface area (Å²) in [5.74, 6) is 3.16. The number of aryl methyl sites for hydroxylation is 1. The van der Waals surface area contributed by atoms with Gasteiger partial charge in [0.05, 0.1) is 50.5 Å². The number of nitrogens with one attached hydrogen (secondary N) is 1. The first kappa shape index (κ1) is 26.7. The number of ether oxygens (including phenoxy) is 4. The van der Waals surface area contributed by atoms with Gasteiger partial charge in [0.15, 0.2) is 28.2 Å². The quantitative estimate of drug-likeness (QED) is 0.288. The highest BCUT2D eigenvalue weighted by Gasteiger charge is 2.23. The van der Waals surface area contributed by atoms with E-state index in [2.05, 4.69) is 5.32 Å². The first-order valence-corrected chi connectivity index (χ1v) is 13.6. The van der Waals surface area contributed by atoms with Gasteiger partial charge in [-0.2, -0.15) is 0 Å². The third-order valence-electron chi connectivity index (χ3n) is 5.81. The fourth-order valence-corrected chi connectivity index (χ4v) is 5.83. The smallest absolute Gasteiger partial charge is 0.272 e. The van der Waals surface area contributed by atoms with Gasteiger partial charge in [0.1, 0.15) is 0 Å². The van der Waals surface area contributed by atoms with E-state index in [1.165, 1.54) is 23.5 Å². The molecule has 3 aromatic rings. The third kappa shape index (κ3) is 5.99. The molecular weight excluding hydrogens is 514 g/mol. The molecule has 0 saturated heterocycles. The fourth-order valence-electron chi connectivity index (χ4n) is 3.94. The Morgan fingerprint density at radius 2 is 1.68 bits per heavy atom. The van der Waals surface area contributed by atoms with Gasteiger partial charge in [-0.1, -0.05) is 17.8 Å². The summed E-state index contributed by atoms with van der Waals surface area (Å²) in [6, 6.07) is 10.9. The molecule has 0 radical (unpaired) electrons. The van der Waals surface area contributed by atoms with Crippen molar-refractivity contribution in [1.82, 2.24) is 14.9 Å². The van der Waals surface area contributed by atoms with Gasteiger partial charge in [-0.25, -0.2) is 4.98 Å². The van der Waals surface area contributed by atoms with Crippen LogP contribution >= 0.6 is 23.5 Å². The van der Waals surface area contributed by atoms with Crippen molar-refractivity contribution >= 4 is 29.4 Å². The summed E-state index contributed by atoms with van der Waals surface area (Å²) in [5, 5.41) is 3.41. The van der Waals surface area contributed by atoms with Gasteiger partial charge >= 0.3 is 0 Å². The van der Waals surface area contributed by atoms with Gasteiger partial charge in [0.2, 0.25) is 5.91 Å². The lowest BCUT2D eigenvalue weighted by Crippen LogP contribution is -2.28. The molecule has 1 aliphatic rings. The number of amides is 1. The number of hydrogen-bond acceptors (Lipinski definition) is 9. The Kier molecular flexibility index (Phi) is 8.88. The standard InChI is InChI=1S/C26H29N3O6S2/c1-32-19-7-5-16(13-21(19)34-3)9-11-27-23(30)15-37-26-28-18-10-12-36-24(18)25(31)29(26)17-6-8-20(33-2)22(14-17)35-4/h5-8,13-14H,9-12,15H2,1-4H3,(H,27,30). The molecule has 0 bridgehead atoms. The van der Waals surface area contributed by atoms with Crippen LogP contribution in [-0.2, 0) is 17.6 Å². The Morgan fingerprint density at radius 1 is 1.00 bits per heavy atom. The minimum absolute atomic E-state index is 0.123. The van der Waals surface area contributed by atoms with Gasteiger partial charge in [0.25, 0.3) is 5.56 Å². The number of benzene rings is 2. The molecule has 0 fully saturated rings. The predicted molar refractivity (Wildman–Crippen MR) is 144 cm³/mol. The second kappa shape index (κ2) is 12.3. The molecular formula is C26H29N3O6S2. The van der Waals surface area contributed by atoms with E-state index in [9.17, 15) is 9.59 Å². The second-order valence-corrected chi connectivity index (χ2v) is 10.1. The lowest BCUT2D eigenvalue weighted by Gasteiger charge is -2.15. The number of thioether (sulfide) groups is 2. The molecule has 1 N–H and O–H groups in total. The molecule has 196 valence electrons. The van der Waals surface area contributed by atoms with Crippen LogP contribution in [0.15, 0.2) is 51.2 Å². The third-order valence-corrected chi connectivity index (χ3v) is 7.85. The van der Waals surface area contributed by atoms with Gasteiger partial charge in [-0.3, -0.25) is 14.2 Å². The van der Waals surface area contributed by atoms with Crippen LogP contribution in [0.1, 0.15) is 11.3 Å². The average molecular weight is 544 g/mol. The van der Waals surface area contributed by atoms with Crippen molar-refractivity contribution in [1.29, 1.82) is 0 Å². The number of fused-ring (bicyclic) bond motifs is 1. The summed E-state index contributed by atoms with van der Waals surface area (Å²) in [7, 11) is 6.29. The summed E-state index contributed by atoms with van der Waals surface area (Å²) in [6.07, 6.45) is 1.37. The summed E-state index contributed by atoms with van der Waals surface area (Å²) in [6.45, 7) is 0.464. The molecule has 0 spiro atoms. The highest BCUT2D eigenvalue weighted by molar-refractivity contribution is 8.00. The number of methoxy groups -OCH3 is 4. The van der Waals surface area contributed by atoms with Crippen LogP contribution in [0.3, 0.4) is 0 Å². The summed E-state index contributed by atoms with van der Waals surface area (Å²) in [5.41, 5.74) is 2.26. The van der Waals surface area contributed by atoms with Gasteiger partial charge < -0.3 is 24.3 Å². The maximum atomic E-state index is 13.4. The van der Waals surface area contributed by atoms with Crippen LogP contribution in [-0.4, -0.2) is 61.9 Å². The second-order valence-electron chi connectivity index (χ2n) is 8.03. The van der Waals surface area contributed by atoms with Crippen LogP contribution in [0.2, 0.25) is 0 Å². The zero-order valence-electron chi connectivity index (χ0n) is 21.2. The fraction of sp³-hybridized carbons (Fsp3) is 0.346. The van der Waals surface area contributed by atoms with Crippen molar-refractivity contribution in [2.45, 2.75) is 22.9 Å². The number of aromatic nitrogens is 2. The lowest BCUT2D eigenvalue weighted by atomic mass is 10.1. The van der Waals surface area contributed by atoms with Crippen molar-refractivity contribution in [3.05, 3.63) is 58.0 Å². The minimum atomic E-state index is -0.145. The Hall–Kier alpha value is -3.31. The van der Waals surface area contributed by atoms with E-state index < -0.39 is 0 Å².